The van der Waals surface area contributed by atoms with Gasteiger partial charge in [0.05, 0.1) is 0 Å². The van der Waals surface area contributed by atoms with Crippen LogP contribution in [0, 0.1) is 11.8 Å². The van der Waals surface area contributed by atoms with Crippen LogP contribution in [-0.2, 0) is 0 Å². The van der Waals surface area contributed by atoms with Crippen molar-refractivity contribution in [3.05, 3.63) is 45.8 Å². The van der Waals surface area contributed by atoms with Gasteiger partial charge in [-0.15, -0.1) is 0 Å². The molecule has 2 rings (SSSR count). The Morgan fingerprint density at radius 3 is 2.68 bits per heavy atom. The highest BCUT2D eigenvalue weighted by Crippen LogP contribution is 2.24. The molecule has 1 saturated heterocycles. The monoisotopic (exact) mass is 254 g/mol. The molecule has 1 aliphatic rings. The van der Waals surface area contributed by atoms with Gasteiger partial charge in [-0.05, 0) is 55.1 Å². The Hall–Kier alpha value is -1.95. The minimum absolute atomic E-state index is 0.441. The van der Waals surface area contributed by atoms with E-state index < -0.39 is 0 Å². The van der Waals surface area contributed by atoms with E-state index in [-0.39, 0.29) is 0 Å². The summed E-state index contributed by atoms with van der Waals surface area (Å²) in [6.07, 6.45) is 3.05. The first-order valence-electron chi connectivity index (χ1n) is 6.70. The van der Waals surface area contributed by atoms with Gasteiger partial charge in [-0.1, -0.05) is 29.1 Å². The molecular formula is C15H18N4. The number of nitrogens with zero attached hydrogens (tertiary/aromatic N) is 3. The highest BCUT2D eigenvalue weighted by Gasteiger charge is 2.14. The van der Waals surface area contributed by atoms with Gasteiger partial charge in [-0.2, -0.15) is 0 Å². The van der Waals surface area contributed by atoms with Gasteiger partial charge < -0.3 is 5.32 Å². The van der Waals surface area contributed by atoms with Crippen molar-refractivity contribution in [3.8, 4) is 11.8 Å². The molecule has 19 heavy (non-hydrogen) atoms. The van der Waals surface area contributed by atoms with Crippen LogP contribution in [0.15, 0.2) is 29.4 Å². The summed E-state index contributed by atoms with van der Waals surface area (Å²) in [5, 5.41) is 6.83. The van der Waals surface area contributed by atoms with Crippen LogP contribution in [0.1, 0.15) is 36.3 Å². The predicted molar refractivity (Wildman–Crippen MR) is 76.8 cm³/mol. The van der Waals surface area contributed by atoms with Crippen molar-refractivity contribution in [3.63, 3.8) is 0 Å². The fourth-order valence-electron chi connectivity index (χ4n) is 2.31. The molecule has 0 amide bonds. The molecule has 1 aromatic carbocycles. The molecule has 0 saturated carbocycles. The average molecular weight is 254 g/mol. The standard InChI is InChI=1S/C15H18N4/c16-19-18-10-2-1-3-13-4-6-14(7-5-13)15-8-11-17-12-9-15/h4-7,15,17H,2,8-12H2. The van der Waals surface area contributed by atoms with Gasteiger partial charge >= 0.3 is 0 Å². The second-order valence-corrected chi connectivity index (χ2v) is 4.65. The summed E-state index contributed by atoms with van der Waals surface area (Å²) in [5.41, 5.74) is 10.6. The number of benzene rings is 1. The molecule has 1 fully saturated rings. The fraction of sp³-hybridized carbons (Fsp3) is 0.467. The van der Waals surface area contributed by atoms with Crippen LogP contribution in [-0.4, -0.2) is 19.6 Å². The Labute approximate surface area is 113 Å². The van der Waals surface area contributed by atoms with Crippen molar-refractivity contribution < 1.29 is 0 Å². The molecule has 0 radical (unpaired) electrons. The first-order valence-corrected chi connectivity index (χ1v) is 6.70. The van der Waals surface area contributed by atoms with Gasteiger partial charge in [0.2, 0.25) is 0 Å². The van der Waals surface area contributed by atoms with E-state index in [9.17, 15) is 0 Å². The van der Waals surface area contributed by atoms with E-state index in [0.717, 1.165) is 18.7 Å². The minimum atomic E-state index is 0.441. The lowest BCUT2D eigenvalue weighted by Crippen LogP contribution is -2.26. The number of rotatable bonds is 3. The van der Waals surface area contributed by atoms with Crippen molar-refractivity contribution in [2.75, 3.05) is 19.6 Å². The van der Waals surface area contributed by atoms with E-state index in [2.05, 4.69) is 51.4 Å². The Kier molecular flexibility index (Phi) is 5.31. The molecule has 0 unspecified atom stereocenters. The lowest BCUT2D eigenvalue weighted by Gasteiger charge is -2.22. The topological polar surface area (TPSA) is 60.8 Å². The molecule has 4 nitrogen and oxygen atoms in total. The van der Waals surface area contributed by atoms with Crippen molar-refractivity contribution in [1.82, 2.24) is 5.32 Å². The number of piperidine rings is 1. The highest BCUT2D eigenvalue weighted by atomic mass is 15.1. The van der Waals surface area contributed by atoms with Crippen LogP contribution in [0.3, 0.4) is 0 Å². The van der Waals surface area contributed by atoms with Gasteiger partial charge in [0.1, 0.15) is 0 Å². The Morgan fingerprint density at radius 1 is 1.26 bits per heavy atom. The van der Waals surface area contributed by atoms with Gasteiger partial charge in [0.15, 0.2) is 0 Å². The maximum absolute atomic E-state index is 8.14. The minimum Gasteiger partial charge on any atom is -0.317 e. The summed E-state index contributed by atoms with van der Waals surface area (Å²) in [7, 11) is 0. The van der Waals surface area contributed by atoms with Crippen LogP contribution < -0.4 is 5.32 Å². The maximum Gasteiger partial charge on any atom is 0.0367 e. The van der Waals surface area contributed by atoms with E-state index in [4.69, 9.17) is 5.53 Å². The van der Waals surface area contributed by atoms with Crippen LogP contribution in [0.5, 0.6) is 0 Å². The van der Waals surface area contributed by atoms with Crippen LogP contribution in [0.2, 0.25) is 0 Å². The lowest BCUT2D eigenvalue weighted by atomic mass is 9.90. The average Bonchev–Trinajstić information content (AvgIpc) is 2.49. The van der Waals surface area contributed by atoms with Crippen LogP contribution in [0.25, 0.3) is 10.4 Å². The molecule has 0 atom stereocenters. The maximum atomic E-state index is 8.14. The number of hydrogen-bond donors (Lipinski definition) is 1. The SMILES string of the molecule is [N-]=[N+]=NCCC#Cc1ccc(C2CCNCC2)cc1. The molecule has 4 heteroatoms. The van der Waals surface area contributed by atoms with Gasteiger partial charge in [0, 0.05) is 23.4 Å². The molecule has 1 N–H and O–H groups in total. The van der Waals surface area contributed by atoms with Crippen molar-refractivity contribution in [2.45, 2.75) is 25.2 Å². The molecule has 1 heterocycles. The normalized spacial score (nSPS) is 15.2. The molecule has 0 spiro atoms. The zero-order valence-electron chi connectivity index (χ0n) is 11.0. The summed E-state index contributed by atoms with van der Waals surface area (Å²) in [6.45, 7) is 2.67. The Bertz CT molecular complexity index is 497. The van der Waals surface area contributed by atoms with Crippen LogP contribution >= 0.6 is 0 Å². The van der Waals surface area contributed by atoms with Crippen molar-refractivity contribution in [1.29, 1.82) is 0 Å². The number of nitrogens with one attached hydrogen (secondary N) is 1. The summed E-state index contributed by atoms with van der Waals surface area (Å²) < 4.78 is 0. The number of hydrogen-bond acceptors (Lipinski definition) is 2. The van der Waals surface area contributed by atoms with Gasteiger partial charge in [-0.3, -0.25) is 0 Å². The number of azide groups is 1. The Balaban J connectivity index is 1.92. The van der Waals surface area contributed by atoms with Crippen molar-refractivity contribution in [2.24, 2.45) is 5.11 Å². The third-order valence-electron chi connectivity index (χ3n) is 3.35. The third kappa shape index (κ3) is 4.33. The Morgan fingerprint density at radius 2 is 2.00 bits per heavy atom. The van der Waals surface area contributed by atoms with E-state index in [1.165, 1.54) is 18.4 Å². The van der Waals surface area contributed by atoms with E-state index in [1.54, 1.807) is 0 Å². The largest absolute Gasteiger partial charge is 0.317 e. The van der Waals surface area contributed by atoms with Gasteiger partial charge in [-0.25, -0.2) is 0 Å². The van der Waals surface area contributed by atoms with Crippen LogP contribution in [0.4, 0.5) is 0 Å². The first kappa shape index (κ1) is 13.5. The summed E-state index contributed by atoms with van der Waals surface area (Å²) in [5.74, 6) is 6.79. The second-order valence-electron chi connectivity index (χ2n) is 4.65. The van der Waals surface area contributed by atoms with E-state index in [0.29, 0.717) is 18.9 Å². The molecular weight excluding hydrogens is 236 g/mol. The van der Waals surface area contributed by atoms with Gasteiger partial charge in [0.25, 0.3) is 0 Å². The second kappa shape index (κ2) is 7.48. The molecule has 0 aromatic heterocycles. The smallest absolute Gasteiger partial charge is 0.0367 e. The summed E-state index contributed by atoms with van der Waals surface area (Å²) >= 11 is 0. The predicted octanol–water partition coefficient (Wildman–Crippen LogP) is 3.21. The lowest BCUT2D eigenvalue weighted by molar-refractivity contribution is 0.460. The molecule has 1 aliphatic heterocycles. The molecule has 0 aliphatic carbocycles. The first-order chi connectivity index (χ1) is 9.40. The summed E-state index contributed by atoms with van der Waals surface area (Å²) in [6, 6.07) is 8.54. The van der Waals surface area contributed by atoms with E-state index >= 15 is 0 Å². The quantitative estimate of drug-likeness (QED) is 0.291. The van der Waals surface area contributed by atoms with E-state index in [1.807, 2.05) is 0 Å². The molecule has 98 valence electrons. The highest BCUT2D eigenvalue weighted by molar-refractivity contribution is 5.37. The third-order valence-corrected chi connectivity index (χ3v) is 3.35. The zero-order chi connectivity index (χ0) is 13.3. The zero-order valence-corrected chi connectivity index (χ0v) is 11.0. The molecule has 1 aromatic rings. The summed E-state index contributed by atoms with van der Waals surface area (Å²) in [4.78, 5) is 2.70. The molecule has 0 bridgehead atoms. The fourth-order valence-corrected chi connectivity index (χ4v) is 2.31. The van der Waals surface area contributed by atoms with Crippen molar-refractivity contribution >= 4 is 0 Å².